The molecule has 1 saturated carbocycles. The van der Waals surface area contributed by atoms with Crippen LogP contribution >= 0.6 is 11.6 Å². The van der Waals surface area contributed by atoms with E-state index in [4.69, 9.17) is 21.1 Å². The molecule has 7 heteroatoms. The van der Waals surface area contributed by atoms with Crippen LogP contribution in [0, 0.1) is 5.92 Å². The molecular weight excluding hydrogens is 343 g/mol. The van der Waals surface area contributed by atoms with Gasteiger partial charge in [-0.05, 0) is 30.5 Å². The Kier molecular flexibility index (Phi) is 5.45. The first-order chi connectivity index (χ1) is 11.4. The first-order valence-corrected chi connectivity index (χ1v) is 8.71. The minimum absolute atomic E-state index is 0.197. The highest BCUT2D eigenvalue weighted by Crippen LogP contribution is 2.39. The number of alkyl halides is 3. The summed E-state index contributed by atoms with van der Waals surface area (Å²) in [5, 5.41) is 3.50. The second-order valence-corrected chi connectivity index (χ2v) is 6.78. The number of hydrogen-bond donors (Lipinski definition) is 1. The van der Waals surface area contributed by atoms with E-state index in [0.717, 1.165) is 18.4 Å². The summed E-state index contributed by atoms with van der Waals surface area (Å²) in [6.45, 7) is 1.41. The molecule has 2 atom stereocenters. The van der Waals surface area contributed by atoms with E-state index in [2.05, 4.69) is 5.32 Å². The van der Waals surface area contributed by atoms with Crippen molar-refractivity contribution in [3.8, 4) is 11.5 Å². The van der Waals surface area contributed by atoms with E-state index in [9.17, 15) is 13.2 Å². The molecule has 1 aromatic rings. The highest BCUT2D eigenvalue weighted by Gasteiger charge is 2.45. The normalized spacial score (nSPS) is 24.5. The minimum atomic E-state index is -4.15. The molecule has 3 rings (SSSR count). The third-order valence-corrected chi connectivity index (χ3v) is 4.90. The fourth-order valence-electron chi connectivity index (χ4n) is 3.40. The molecule has 1 heterocycles. The molecule has 0 bridgehead atoms. The Hall–Kier alpha value is -1.14. The number of benzene rings is 1. The van der Waals surface area contributed by atoms with Crippen LogP contribution in [0.1, 0.15) is 37.7 Å². The predicted molar refractivity (Wildman–Crippen MR) is 85.7 cm³/mol. The van der Waals surface area contributed by atoms with Gasteiger partial charge in [-0.2, -0.15) is 13.2 Å². The summed E-state index contributed by atoms with van der Waals surface area (Å²) in [6, 6.07) is 2.98. The zero-order chi connectivity index (χ0) is 17.2. The third kappa shape index (κ3) is 4.09. The van der Waals surface area contributed by atoms with Gasteiger partial charge in [-0.25, -0.2) is 0 Å². The molecule has 0 aromatic heterocycles. The molecule has 24 heavy (non-hydrogen) atoms. The van der Waals surface area contributed by atoms with Gasteiger partial charge in [0.15, 0.2) is 11.5 Å². The monoisotopic (exact) mass is 363 g/mol. The molecule has 1 aromatic carbocycles. The maximum atomic E-state index is 13.2. The Morgan fingerprint density at radius 2 is 1.83 bits per heavy atom. The molecule has 0 spiro atoms. The van der Waals surface area contributed by atoms with Crippen LogP contribution in [-0.4, -0.2) is 25.4 Å². The van der Waals surface area contributed by atoms with Crippen molar-refractivity contribution in [1.29, 1.82) is 0 Å². The van der Waals surface area contributed by atoms with Gasteiger partial charge in [0.25, 0.3) is 0 Å². The zero-order valence-corrected chi connectivity index (χ0v) is 14.1. The molecule has 134 valence electrons. The Bertz CT molecular complexity index is 580. The second-order valence-electron chi connectivity index (χ2n) is 6.38. The van der Waals surface area contributed by atoms with Crippen molar-refractivity contribution in [3.63, 3.8) is 0 Å². The van der Waals surface area contributed by atoms with Gasteiger partial charge in [0.1, 0.15) is 0 Å². The van der Waals surface area contributed by atoms with Crippen LogP contribution in [0.4, 0.5) is 13.2 Å². The SMILES string of the molecule is FC(F)(F)C1CCCCC1NCc1cc(Cl)c2c(c1)OCCCO2. The lowest BCUT2D eigenvalue weighted by atomic mass is 9.84. The number of hydrogen-bond acceptors (Lipinski definition) is 3. The quantitative estimate of drug-likeness (QED) is 0.843. The Morgan fingerprint density at radius 3 is 2.62 bits per heavy atom. The summed E-state index contributed by atoms with van der Waals surface area (Å²) in [6.07, 6.45) is -1.18. The molecule has 2 aliphatic rings. The van der Waals surface area contributed by atoms with Crippen molar-refractivity contribution in [1.82, 2.24) is 5.32 Å². The van der Waals surface area contributed by atoms with Crippen LogP contribution in [0.3, 0.4) is 0 Å². The number of nitrogens with one attached hydrogen (secondary N) is 1. The Balaban J connectivity index is 1.70. The van der Waals surface area contributed by atoms with Gasteiger partial charge >= 0.3 is 6.18 Å². The lowest BCUT2D eigenvalue weighted by Gasteiger charge is -2.33. The summed E-state index contributed by atoms with van der Waals surface area (Å²) in [5.74, 6) is -0.196. The number of halogens is 4. The second kappa shape index (κ2) is 7.40. The lowest BCUT2D eigenvalue weighted by Crippen LogP contribution is -2.45. The molecule has 2 unspecified atom stereocenters. The molecule has 1 aliphatic carbocycles. The van der Waals surface area contributed by atoms with Crippen molar-refractivity contribution >= 4 is 11.6 Å². The van der Waals surface area contributed by atoms with E-state index < -0.39 is 18.1 Å². The summed E-state index contributed by atoms with van der Waals surface area (Å²) in [7, 11) is 0. The van der Waals surface area contributed by atoms with Crippen molar-refractivity contribution in [2.45, 2.75) is 50.9 Å². The summed E-state index contributed by atoms with van der Waals surface area (Å²) < 4.78 is 50.6. The first-order valence-electron chi connectivity index (χ1n) is 8.33. The maximum absolute atomic E-state index is 13.2. The molecule has 0 saturated heterocycles. The molecular formula is C17H21ClF3NO2. The van der Waals surface area contributed by atoms with E-state index in [1.165, 1.54) is 0 Å². The smallest absolute Gasteiger partial charge is 0.393 e. The fraction of sp³-hybridized carbons (Fsp3) is 0.647. The van der Waals surface area contributed by atoms with Gasteiger partial charge in [0.05, 0.1) is 24.2 Å². The molecule has 1 fully saturated rings. The number of rotatable bonds is 3. The molecule has 0 radical (unpaired) electrons. The minimum Gasteiger partial charge on any atom is -0.489 e. The van der Waals surface area contributed by atoms with E-state index >= 15 is 0 Å². The van der Waals surface area contributed by atoms with Crippen LogP contribution in [0.15, 0.2) is 12.1 Å². The van der Waals surface area contributed by atoms with Gasteiger partial charge in [-0.15, -0.1) is 0 Å². The van der Waals surface area contributed by atoms with Crippen LogP contribution in [0.2, 0.25) is 5.02 Å². The van der Waals surface area contributed by atoms with Crippen LogP contribution < -0.4 is 14.8 Å². The van der Waals surface area contributed by atoms with Gasteiger partial charge in [-0.3, -0.25) is 0 Å². The van der Waals surface area contributed by atoms with Crippen LogP contribution in [-0.2, 0) is 6.54 Å². The standard InChI is InChI=1S/C17H21ClF3NO2/c18-13-8-11(9-15-16(13)24-7-3-6-23-15)10-22-14-5-2-1-4-12(14)17(19,20)21/h8-9,12,14,22H,1-7,10H2. The van der Waals surface area contributed by atoms with Gasteiger partial charge in [-0.1, -0.05) is 24.4 Å². The van der Waals surface area contributed by atoms with Crippen molar-refractivity contribution in [3.05, 3.63) is 22.7 Å². The molecule has 3 nitrogen and oxygen atoms in total. The number of ether oxygens (including phenoxy) is 2. The van der Waals surface area contributed by atoms with Crippen molar-refractivity contribution < 1.29 is 22.6 Å². The topological polar surface area (TPSA) is 30.5 Å². The Morgan fingerprint density at radius 1 is 1.08 bits per heavy atom. The highest BCUT2D eigenvalue weighted by atomic mass is 35.5. The summed E-state index contributed by atoms with van der Waals surface area (Å²) >= 11 is 6.23. The van der Waals surface area contributed by atoms with Gasteiger partial charge in [0.2, 0.25) is 0 Å². The van der Waals surface area contributed by atoms with E-state index in [0.29, 0.717) is 49.1 Å². The third-order valence-electron chi connectivity index (χ3n) is 4.62. The Labute approximate surface area is 144 Å². The van der Waals surface area contributed by atoms with Crippen LogP contribution in [0.25, 0.3) is 0 Å². The maximum Gasteiger partial charge on any atom is 0.393 e. The molecule has 1 N–H and O–H groups in total. The van der Waals surface area contributed by atoms with E-state index in [1.807, 2.05) is 0 Å². The van der Waals surface area contributed by atoms with E-state index in [1.54, 1.807) is 12.1 Å². The lowest BCUT2D eigenvalue weighted by molar-refractivity contribution is -0.189. The van der Waals surface area contributed by atoms with Gasteiger partial charge in [0, 0.05) is 19.0 Å². The first kappa shape index (κ1) is 17.7. The summed E-state index contributed by atoms with van der Waals surface area (Å²) in [4.78, 5) is 0. The zero-order valence-electron chi connectivity index (χ0n) is 13.3. The highest BCUT2D eigenvalue weighted by molar-refractivity contribution is 6.32. The predicted octanol–water partition coefficient (Wildman–Crippen LogP) is 4.71. The van der Waals surface area contributed by atoms with Crippen LogP contribution in [0.5, 0.6) is 11.5 Å². The van der Waals surface area contributed by atoms with Gasteiger partial charge < -0.3 is 14.8 Å². The average molecular weight is 364 g/mol. The van der Waals surface area contributed by atoms with Crippen molar-refractivity contribution in [2.24, 2.45) is 5.92 Å². The number of fused-ring (bicyclic) bond motifs is 1. The summed E-state index contributed by atoms with van der Waals surface area (Å²) in [5.41, 5.74) is 0.802. The molecule has 1 aliphatic heterocycles. The molecule has 0 amide bonds. The fourth-order valence-corrected chi connectivity index (χ4v) is 3.69. The van der Waals surface area contributed by atoms with E-state index in [-0.39, 0.29) is 6.42 Å². The van der Waals surface area contributed by atoms with Crippen molar-refractivity contribution in [2.75, 3.05) is 13.2 Å². The largest absolute Gasteiger partial charge is 0.489 e. The average Bonchev–Trinajstić information content (AvgIpc) is 2.78.